The molecular weight excluding hydrogens is 485 g/mol. The molecule has 0 saturated heterocycles. The quantitative estimate of drug-likeness (QED) is 0.281. The molecule has 1 aromatic carbocycles. The molecule has 0 radical (unpaired) electrons. The van der Waals surface area contributed by atoms with Crippen LogP contribution in [0.4, 0.5) is 0 Å². The van der Waals surface area contributed by atoms with Crippen molar-refractivity contribution in [1.29, 1.82) is 0 Å². The Bertz CT molecular complexity index is 1200. The monoisotopic (exact) mass is 501 g/mol. The lowest BCUT2D eigenvalue weighted by molar-refractivity contribution is 0.239. The highest BCUT2D eigenvalue weighted by atomic mass is 35.5. The lowest BCUT2D eigenvalue weighted by Gasteiger charge is -2.24. The van der Waals surface area contributed by atoms with Gasteiger partial charge in [0.05, 0.1) is 0 Å². The Morgan fingerprint density at radius 2 is 1.25 bits per heavy atom. The van der Waals surface area contributed by atoms with Crippen molar-refractivity contribution in [2.45, 2.75) is 19.6 Å². The molecule has 5 aromatic rings. The summed E-state index contributed by atoms with van der Waals surface area (Å²) in [4.78, 5) is 2.30. The SMILES string of the molecule is Clc1cccc(Cl)c1CN(Cc1cccn1-c1nncs1)Cc1cccn1-c1nncs1. The summed E-state index contributed by atoms with van der Waals surface area (Å²) in [6.45, 7) is 1.91. The Labute approximate surface area is 202 Å². The van der Waals surface area contributed by atoms with Crippen LogP contribution in [0.2, 0.25) is 10.0 Å². The third kappa shape index (κ3) is 4.48. The zero-order valence-electron chi connectivity index (χ0n) is 16.7. The summed E-state index contributed by atoms with van der Waals surface area (Å²) in [5, 5.41) is 19.4. The third-order valence-electron chi connectivity index (χ3n) is 4.99. The molecule has 162 valence electrons. The molecule has 0 spiro atoms. The summed E-state index contributed by atoms with van der Waals surface area (Å²) in [6.07, 6.45) is 4.00. The van der Waals surface area contributed by atoms with E-state index in [4.69, 9.17) is 23.2 Å². The lowest BCUT2D eigenvalue weighted by atomic mass is 10.2. The molecule has 0 bridgehead atoms. The van der Waals surface area contributed by atoms with Crippen molar-refractivity contribution in [2.24, 2.45) is 0 Å². The third-order valence-corrected chi connectivity index (χ3v) is 7.08. The lowest BCUT2D eigenvalue weighted by Crippen LogP contribution is -2.25. The van der Waals surface area contributed by atoms with Crippen LogP contribution in [0.25, 0.3) is 10.3 Å². The fourth-order valence-electron chi connectivity index (χ4n) is 3.54. The van der Waals surface area contributed by atoms with Gasteiger partial charge in [-0.15, -0.1) is 20.4 Å². The molecule has 0 aliphatic rings. The molecule has 11 heteroatoms. The Morgan fingerprint density at radius 3 is 1.72 bits per heavy atom. The van der Waals surface area contributed by atoms with Crippen LogP contribution in [-0.4, -0.2) is 34.4 Å². The minimum Gasteiger partial charge on any atom is -0.294 e. The van der Waals surface area contributed by atoms with Gasteiger partial charge in [0.2, 0.25) is 10.3 Å². The van der Waals surface area contributed by atoms with Crippen molar-refractivity contribution in [3.8, 4) is 10.3 Å². The second kappa shape index (κ2) is 9.51. The first kappa shape index (κ1) is 21.3. The zero-order valence-corrected chi connectivity index (χ0v) is 19.8. The highest BCUT2D eigenvalue weighted by molar-refractivity contribution is 7.12. The smallest absolute Gasteiger partial charge is 0.216 e. The topological polar surface area (TPSA) is 64.7 Å². The van der Waals surface area contributed by atoms with Crippen molar-refractivity contribution < 1.29 is 0 Å². The Kier molecular flexibility index (Phi) is 6.33. The van der Waals surface area contributed by atoms with Gasteiger partial charge in [-0.2, -0.15) is 0 Å². The van der Waals surface area contributed by atoms with Gasteiger partial charge in [0.1, 0.15) is 11.0 Å². The number of hydrogen-bond acceptors (Lipinski definition) is 7. The van der Waals surface area contributed by atoms with Crippen molar-refractivity contribution in [2.75, 3.05) is 0 Å². The molecule has 5 rings (SSSR count). The van der Waals surface area contributed by atoms with Gasteiger partial charge in [-0.3, -0.25) is 14.0 Å². The maximum atomic E-state index is 6.51. The van der Waals surface area contributed by atoms with E-state index < -0.39 is 0 Å². The fraction of sp³-hybridized carbons (Fsp3) is 0.143. The summed E-state index contributed by atoms with van der Waals surface area (Å²) >= 11 is 16.0. The van der Waals surface area contributed by atoms with Crippen molar-refractivity contribution in [3.05, 3.63) is 92.9 Å². The van der Waals surface area contributed by atoms with Crippen LogP contribution in [0.15, 0.2) is 65.9 Å². The summed E-state index contributed by atoms with van der Waals surface area (Å²) in [5.74, 6) is 0. The second-order valence-corrected chi connectivity index (χ2v) is 9.46. The maximum absolute atomic E-state index is 6.51. The molecule has 0 aliphatic heterocycles. The molecule has 0 unspecified atom stereocenters. The molecule has 4 heterocycles. The highest BCUT2D eigenvalue weighted by Gasteiger charge is 2.18. The van der Waals surface area contributed by atoms with Gasteiger partial charge in [0.15, 0.2) is 0 Å². The summed E-state index contributed by atoms with van der Waals surface area (Å²) in [6, 6.07) is 13.8. The van der Waals surface area contributed by atoms with E-state index >= 15 is 0 Å². The van der Waals surface area contributed by atoms with E-state index in [1.54, 1.807) is 11.0 Å². The van der Waals surface area contributed by atoms with E-state index in [2.05, 4.69) is 46.6 Å². The first-order valence-electron chi connectivity index (χ1n) is 9.70. The number of nitrogens with zero attached hydrogens (tertiary/aromatic N) is 7. The summed E-state index contributed by atoms with van der Waals surface area (Å²) in [7, 11) is 0. The van der Waals surface area contributed by atoms with Crippen LogP contribution in [-0.2, 0) is 19.6 Å². The minimum absolute atomic E-state index is 0.584. The van der Waals surface area contributed by atoms with Gasteiger partial charge in [0.25, 0.3) is 0 Å². The number of aromatic nitrogens is 6. The molecule has 7 nitrogen and oxygen atoms in total. The fourth-order valence-corrected chi connectivity index (χ4v) is 5.21. The number of hydrogen-bond donors (Lipinski definition) is 0. The van der Waals surface area contributed by atoms with Gasteiger partial charge in [0, 0.05) is 59.0 Å². The van der Waals surface area contributed by atoms with Gasteiger partial charge in [-0.05, 0) is 36.4 Å². The van der Waals surface area contributed by atoms with E-state index in [0.29, 0.717) is 29.7 Å². The zero-order chi connectivity index (χ0) is 21.9. The molecule has 0 fully saturated rings. The average molecular weight is 502 g/mol. The standard InChI is InChI=1S/C21H17Cl2N7S2/c22-18-6-1-7-19(23)17(18)12-28(10-15-4-2-8-29(15)20-26-24-13-31-20)11-16-5-3-9-30(16)21-27-25-14-32-21/h1-9,13-14H,10-12H2. The van der Waals surface area contributed by atoms with E-state index in [0.717, 1.165) is 27.2 Å². The van der Waals surface area contributed by atoms with Gasteiger partial charge < -0.3 is 0 Å². The van der Waals surface area contributed by atoms with Crippen molar-refractivity contribution in [3.63, 3.8) is 0 Å². The summed E-state index contributed by atoms with van der Waals surface area (Å²) in [5.41, 5.74) is 6.56. The molecule has 4 aromatic heterocycles. The van der Waals surface area contributed by atoms with Crippen LogP contribution in [0.1, 0.15) is 17.0 Å². The molecule has 0 amide bonds. The second-order valence-electron chi connectivity index (χ2n) is 7.03. The number of halogens is 2. The van der Waals surface area contributed by atoms with Crippen LogP contribution < -0.4 is 0 Å². The van der Waals surface area contributed by atoms with E-state index in [-0.39, 0.29) is 0 Å². The Hall–Kier alpha value is -2.56. The average Bonchev–Trinajstić information content (AvgIpc) is 3.58. The van der Waals surface area contributed by atoms with E-state index in [9.17, 15) is 0 Å². The van der Waals surface area contributed by atoms with Crippen LogP contribution >= 0.6 is 45.9 Å². The minimum atomic E-state index is 0.584. The summed E-state index contributed by atoms with van der Waals surface area (Å²) < 4.78 is 4.12. The Morgan fingerprint density at radius 1 is 0.719 bits per heavy atom. The molecule has 32 heavy (non-hydrogen) atoms. The Balaban J connectivity index is 1.48. The van der Waals surface area contributed by atoms with Crippen molar-refractivity contribution in [1.82, 2.24) is 34.4 Å². The number of rotatable bonds is 8. The molecule has 0 saturated carbocycles. The largest absolute Gasteiger partial charge is 0.294 e. The van der Waals surface area contributed by atoms with Gasteiger partial charge in [-0.1, -0.05) is 51.9 Å². The number of benzene rings is 1. The first-order valence-corrected chi connectivity index (χ1v) is 12.2. The highest BCUT2D eigenvalue weighted by Crippen LogP contribution is 2.28. The molecule has 0 N–H and O–H groups in total. The van der Waals surface area contributed by atoms with E-state index in [1.807, 2.05) is 42.7 Å². The normalized spacial score (nSPS) is 11.5. The van der Waals surface area contributed by atoms with Gasteiger partial charge >= 0.3 is 0 Å². The van der Waals surface area contributed by atoms with Gasteiger partial charge in [-0.25, -0.2) is 0 Å². The van der Waals surface area contributed by atoms with Crippen molar-refractivity contribution >= 4 is 45.9 Å². The van der Waals surface area contributed by atoms with E-state index in [1.165, 1.54) is 22.7 Å². The molecule has 0 atom stereocenters. The van der Waals surface area contributed by atoms with Crippen LogP contribution in [0.3, 0.4) is 0 Å². The predicted octanol–water partition coefficient (Wildman–Crippen LogP) is 5.48. The molecule has 0 aliphatic carbocycles. The maximum Gasteiger partial charge on any atom is 0.216 e. The van der Waals surface area contributed by atoms with Crippen LogP contribution in [0, 0.1) is 0 Å². The predicted molar refractivity (Wildman–Crippen MR) is 128 cm³/mol. The molecular formula is C21H17Cl2N7S2. The first-order chi connectivity index (χ1) is 15.7. The van der Waals surface area contributed by atoms with Crippen LogP contribution in [0.5, 0.6) is 0 Å².